The molecule has 2 aliphatic heterocycles. The molecule has 7 heteroatoms. The summed E-state index contributed by atoms with van der Waals surface area (Å²) < 4.78 is 16.2. The summed E-state index contributed by atoms with van der Waals surface area (Å²) in [6.07, 6.45) is -0.723. The Kier molecular flexibility index (Phi) is 4.91. The first-order chi connectivity index (χ1) is 8.48. The van der Waals surface area contributed by atoms with Crippen molar-refractivity contribution in [2.45, 2.75) is 64.0 Å². The van der Waals surface area contributed by atoms with Crippen molar-refractivity contribution in [3.05, 3.63) is 0 Å². The molecule has 19 heavy (non-hydrogen) atoms. The van der Waals surface area contributed by atoms with E-state index in [0.29, 0.717) is 13.0 Å². The van der Waals surface area contributed by atoms with Gasteiger partial charge in [0, 0.05) is 6.42 Å². The normalized spacial score (nSPS) is 33.1. The number of ether oxygens (including phenoxy) is 3. The number of aliphatic carboxylic acids is 1. The molecule has 3 atom stereocenters. The van der Waals surface area contributed by atoms with E-state index in [1.54, 1.807) is 0 Å². The van der Waals surface area contributed by atoms with Crippen LogP contribution in [-0.4, -0.2) is 57.8 Å². The minimum atomic E-state index is -1.50. The van der Waals surface area contributed by atoms with Crippen LogP contribution in [0.4, 0.5) is 0 Å². The Balaban J connectivity index is 0.000000312. The lowest BCUT2D eigenvalue weighted by molar-refractivity contribution is -0.293. The Hall–Kier alpha value is -0.730. The van der Waals surface area contributed by atoms with Gasteiger partial charge in [-0.25, -0.2) is 4.79 Å². The molecule has 2 fully saturated rings. The molecule has 0 saturated carbocycles. The zero-order valence-corrected chi connectivity index (χ0v) is 11.6. The highest BCUT2D eigenvalue weighted by Gasteiger charge is 2.46. The summed E-state index contributed by atoms with van der Waals surface area (Å²) in [6, 6.07) is 0. The Bertz CT molecular complexity index is 315. The highest BCUT2D eigenvalue weighted by atomic mass is 16.7. The number of rotatable bonds is 1. The average Bonchev–Trinajstić information content (AvgIpc) is 2.56. The van der Waals surface area contributed by atoms with Gasteiger partial charge in [-0.1, -0.05) is 0 Å². The van der Waals surface area contributed by atoms with Crippen LogP contribution < -0.4 is 0 Å². The first-order valence-corrected chi connectivity index (χ1v) is 6.13. The zero-order chi connectivity index (χ0) is 14.8. The van der Waals surface area contributed by atoms with Crippen molar-refractivity contribution in [2.24, 2.45) is 0 Å². The van der Waals surface area contributed by atoms with Crippen LogP contribution in [-0.2, 0) is 19.0 Å². The van der Waals surface area contributed by atoms with Crippen molar-refractivity contribution in [1.82, 2.24) is 0 Å². The molecule has 2 rings (SSSR count). The molecule has 0 amide bonds. The standard InChI is InChI=1S/C9H14O5.C3H8O2/c1-9(2)12-4-7-5(14-9)3-6(13-7)8(10)11;1-3(2,4)5/h5-7H,3-4H2,1-2H3,(H,10,11);4-5H,1-2H3. The average molecular weight is 278 g/mol. The molecule has 0 spiro atoms. The number of carboxylic acids is 1. The SMILES string of the molecule is CC(C)(O)O.CC1(C)OCC2OC(C(=O)O)CC2O1. The van der Waals surface area contributed by atoms with E-state index in [9.17, 15) is 4.79 Å². The zero-order valence-electron chi connectivity index (χ0n) is 11.6. The van der Waals surface area contributed by atoms with Crippen LogP contribution in [0.2, 0.25) is 0 Å². The minimum Gasteiger partial charge on any atom is -0.479 e. The van der Waals surface area contributed by atoms with E-state index >= 15 is 0 Å². The second-order valence-electron chi connectivity index (χ2n) is 5.60. The molecule has 112 valence electrons. The lowest BCUT2D eigenvalue weighted by atomic mass is 10.1. The Labute approximate surface area is 112 Å². The molecule has 3 N–H and O–H groups in total. The predicted octanol–water partition coefficient (Wildman–Crippen LogP) is 0.0871. The molecule has 0 aromatic heterocycles. The number of aliphatic hydroxyl groups is 2. The molecule has 2 saturated heterocycles. The fourth-order valence-electron chi connectivity index (χ4n) is 1.83. The molecular formula is C12H22O7. The highest BCUT2D eigenvalue weighted by Crippen LogP contribution is 2.32. The third kappa shape index (κ3) is 5.84. The van der Waals surface area contributed by atoms with Gasteiger partial charge < -0.3 is 29.5 Å². The van der Waals surface area contributed by atoms with Crippen LogP contribution in [0.1, 0.15) is 34.1 Å². The molecule has 0 aromatic rings. The summed E-state index contributed by atoms with van der Waals surface area (Å²) in [5.41, 5.74) is 0. The van der Waals surface area contributed by atoms with Gasteiger partial charge >= 0.3 is 5.97 Å². The second kappa shape index (κ2) is 5.72. The molecule has 0 bridgehead atoms. The van der Waals surface area contributed by atoms with Crippen molar-refractivity contribution < 1.29 is 34.3 Å². The van der Waals surface area contributed by atoms with E-state index in [1.807, 2.05) is 13.8 Å². The maximum atomic E-state index is 10.7. The van der Waals surface area contributed by atoms with E-state index in [-0.39, 0.29) is 12.2 Å². The van der Waals surface area contributed by atoms with Crippen LogP contribution >= 0.6 is 0 Å². The van der Waals surface area contributed by atoms with Crippen LogP contribution in [0.5, 0.6) is 0 Å². The molecule has 3 unspecified atom stereocenters. The first kappa shape index (κ1) is 16.3. The van der Waals surface area contributed by atoms with Crippen LogP contribution in [0.25, 0.3) is 0 Å². The van der Waals surface area contributed by atoms with Gasteiger partial charge in [0.1, 0.15) is 6.10 Å². The third-order valence-electron chi connectivity index (χ3n) is 2.51. The van der Waals surface area contributed by atoms with E-state index in [1.165, 1.54) is 13.8 Å². The van der Waals surface area contributed by atoms with E-state index in [2.05, 4.69) is 0 Å². The Morgan fingerprint density at radius 3 is 2.26 bits per heavy atom. The van der Waals surface area contributed by atoms with Gasteiger partial charge in [-0.15, -0.1) is 0 Å². The van der Waals surface area contributed by atoms with E-state index in [0.717, 1.165) is 0 Å². The molecule has 0 aliphatic carbocycles. The summed E-state index contributed by atoms with van der Waals surface area (Å²) >= 11 is 0. The van der Waals surface area contributed by atoms with Gasteiger partial charge in [0.05, 0.1) is 12.7 Å². The fraction of sp³-hybridized carbons (Fsp3) is 0.917. The quantitative estimate of drug-likeness (QED) is 0.583. The first-order valence-electron chi connectivity index (χ1n) is 6.13. The number of fused-ring (bicyclic) bond motifs is 1. The fourth-order valence-corrected chi connectivity index (χ4v) is 1.83. The highest BCUT2D eigenvalue weighted by molar-refractivity contribution is 5.72. The molecule has 0 aromatic carbocycles. The molecule has 7 nitrogen and oxygen atoms in total. The Morgan fingerprint density at radius 1 is 1.26 bits per heavy atom. The van der Waals surface area contributed by atoms with Gasteiger partial charge in [0.15, 0.2) is 17.7 Å². The smallest absolute Gasteiger partial charge is 0.332 e. The molecule has 2 aliphatic rings. The molecular weight excluding hydrogens is 256 g/mol. The van der Waals surface area contributed by atoms with Crippen molar-refractivity contribution >= 4 is 5.97 Å². The maximum absolute atomic E-state index is 10.7. The minimum absolute atomic E-state index is 0.153. The topological polar surface area (TPSA) is 105 Å². The summed E-state index contributed by atoms with van der Waals surface area (Å²) in [5.74, 6) is -3.06. The largest absolute Gasteiger partial charge is 0.479 e. The third-order valence-corrected chi connectivity index (χ3v) is 2.51. The van der Waals surface area contributed by atoms with Crippen molar-refractivity contribution in [3.8, 4) is 0 Å². The molecule has 0 radical (unpaired) electrons. The van der Waals surface area contributed by atoms with E-state index in [4.69, 9.17) is 29.5 Å². The number of carboxylic acid groups (broad SMARTS) is 1. The van der Waals surface area contributed by atoms with Gasteiger partial charge in [0.2, 0.25) is 0 Å². The second-order valence-corrected chi connectivity index (χ2v) is 5.60. The monoisotopic (exact) mass is 278 g/mol. The van der Waals surface area contributed by atoms with Gasteiger partial charge in [-0.05, 0) is 27.7 Å². The summed E-state index contributed by atoms with van der Waals surface area (Å²) in [6.45, 7) is 6.63. The van der Waals surface area contributed by atoms with Gasteiger partial charge in [0.25, 0.3) is 0 Å². The van der Waals surface area contributed by atoms with Crippen LogP contribution in [0.3, 0.4) is 0 Å². The summed E-state index contributed by atoms with van der Waals surface area (Å²) in [7, 11) is 0. The summed E-state index contributed by atoms with van der Waals surface area (Å²) in [5, 5.41) is 24.9. The lowest BCUT2D eigenvalue weighted by Crippen LogP contribution is -2.46. The number of hydrogen-bond donors (Lipinski definition) is 3. The molecule has 2 heterocycles. The van der Waals surface area contributed by atoms with Crippen LogP contribution in [0.15, 0.2) is 0 Å². The van der Waals surface area contributed by atoms with E-state index < -0.39 is 23.6 Å². The Morgan fingerprint density at radius 2 is 1.79 bits per heavy atom. The predicted molar refractivity (Wildman–Crippen MR) is 64.3 cm³/mol. The van der Waals surface area contributed by atoms with Crippen molar-refractivity contribution in [1.29, 1.82) is 0 Å². The van der Waals surface area contributed by atoms with Crippen LogP contribution in [0, 0.1) is 0 Å². The van der Waals surface area contributed by atoms with Crippen molar-refractivity contribution in [3.63, 3.8) is 0 Å². The summed E-state index contributed by atoms with van der Waals surface area (Å²) in [4.78, 5) is 10.7. The number of hydrogen-bond acceptors (Lipinski definition) is 6. The lowest BCUT2D eigenvalue weighted by Gasteiger charge is -2.36. The maximum Gasteiger partial charge on any atom is 0.332 e. The van der Waals surface area contributed by atoms with Gasteiger partial charge in [-0.2, -0.15) is 0 Å². The van der Waals surface area contributed by atoms with Gasteiger partial charge in [-0.3, -0.25) is 0 Å². The van der Waals surface area contributed by atoms with Crippen molar-refractivity contribution in [2.75, 3.05) is 6.61 Å². The number of carbonyl (C=O) groups is 1.